The first-order chi connectivity index (χ1) is 49.7. The van der Waals surface area contributed by atoms with Gasteiger partial charge in [0.1, 0.15) is 86.3 Å². The first-order valence-electron chi connectivity index (χ1n) is 37.0. The third-order valence-corrected chi connectivity index (χ3v) is 18.9. The fraction of sp³-hybridized carbons (Fsp3) is 0.425. The molecule has 0 saturated carbocycles. The van der Waals surface area contributed by atoms with Crippen LogP contribution in [0.4, 0.5) is 21.0 Å². The minimum Gasteiger partial charge on any atom is -0.491 e. The second-order valence-electron chi connectivity index (χ2n) is 28.2. The third-order valence-electron chi connectivity index (χ3n) is 18.9. The molecule has 0 saturated heterocycles. The van der Waals surface area contributed by atoms with E-state index < -0.39 is 42.0 Å². The van der Waals surface area contributed by atoms with Crippen molar-refractivity contribution in [2.75, 3.05) is 89.5 Å². The second kappa shape index (κ2) is 40.7. The van der Waals surface area contributed by atoms with Gasteiger partial charge in [-0.1, -0.05) is 204 Å². The zero-order valence-corrected chi connectivity index (χ0v) is 62.5. The Morgan fingerprint density at radius 3 is 0.757 bits per heavy atom. The van der Waals surface area contributed by atoms with Crippen LogP contribution >= 0.6 is 0 Å². The lowest BCUT2D eigenvalue weighted by atomic mass is 9.78. The zero-order chi connectivity index (χ0) is 73.5. The number of amides is 2. The number of rotatable bonds is 44. The summed E-state index contributed by atoms with van der Waals surface area (Å²) in [6.07, 6.45) is 4.99. The molecule has 16 heteroatoms. The van der Waals surface area contributed by atoms with E-state index in [-0.39, 0.29) is 50.5 Å². The summed E-state index contributed by atoms with van der Waals surface area (Å²) >= 11 is 0. The minimum absolute atomic E-state index is 0.0218. The summed E-state index contributed by atoms with van der Waals surface area (Å²) < 4.78 is 49.2. The van der Waals surface area contributed by atoms with Gasteiger partial charge in [0.25, 0.3) is 0 Å². The second-order valence-corrected chi connectivity index (χ2v) is 28.2. The molecule has 0 heterocycles. The van der Waals surface area contributed by atoms with Crippen LogP contribution in [0.1, 0.15) is 154 Å². The monoisotopic (exact) mass is 1400 g/mol. The van der Waals surface area contributed by atoms with Gasteiger partial charge in [-0.3, -0.25) is 10.6 Å². The summed E-state index contributed by atoms with van der Waals surface area (Å²) in [5.41, 5.74) is 6.55. The van der Waals surface area contributed by atoms with Crippen molar-refractivity contribution >= 4 is 23.6 Å². The van der Waals surface area contributed by atoms with E-state index in [0.29, 0.717) is 47.5 Å². The molecule has 0 aromatic heterocycles. The van der Waals surface area contributed by atoms with E-state index in [1.807, 2.05) is 158 Å². The van der Waals surface area contributed by atoms with Crippen LogP contribution in [0.3, 0.4) is 0 Å². The van der Waals surface area contributed by atoms with E-state index in [9.17, 15) is 19.8 Å². The van der Waals surface area contributed by atoms with Crippen molar-refractivity contribution < 1.29 is 57.7 Å². The van der Waals surface area contributed by atoms with Crippen LogP contribution in [-0.4, -0.2) is 136 Å². The van der Waals surface area contributed by atoms with Crippen LogP contribution in [0.25, 0.3) is 0 Å². The van der Waals surface area contributed by atoms with Crippen LogP contribution in [-0.2, 0) is 25.7 Å². The Morgan fingerprint density at radius 1 is 0.330 bits per heavy atom. The van der Waals surface area contributed by atoms with Crippen LogP contribution in [0.5, 0.6) is 34.5 Å². The van der Waals surface area contributed by atoms with Crippen LogP contribution in [0, 0.1) is 0 Å². The molecular weight excluding hydrogens is 1290 g/mol. The number of ether oxygens (including phenoxy) is 8. The molecule has 0 aliphatic rings. The molecule has 0 radical (unpaired) electrons. The maximum Gasteiger partial charge on any atom is 0.412 e. The first-order valence-corrected chi connectivity index (χ1v) is 37.0. The molecule has 4 atom stereocenters. The molecule has 8 aromatic carbocycles. The van der Waals surface area contributed by atoms with Crippen LogP contribution in [0.15, 0.2) is 206 Å². The molecule has 0 aliphatic carbocycles. The summed E-state index contributed by atoms with van der Waals surface area (Å²) in [6.45, 7) is 27.5. The fourth-order valence-electron chi connectivity index (χ4n) is 12.1. The summed E-state index contributed by atoms with van der Waals surface area (Å²) in [4.78, 5) is 31.3. The van der Waals surface area contributed by atoms with Gasteiger partial charge in [0.15, 0.2) is 12.2 Å². The summed E-state index contributed by atoms with van der Waals surface area (Å²) in [5, 5.41) is 27.3. The van der Waals surface area contributed by atoms with Gasteiger partial charge in [-0.15, -0.1) is 0 Å². The third kappa shape index (κ3) is 25.7. The number of benzene rings is 8. The Labute approximate surface area is 613 Å². The summed E-state index contributed by atoms with van der Waals surface area (Å²) in [7, 11) is 0. The van der Waals surface area contributed by atoms with Gasteiger partial charge in [-0.25, -0.2) is 9.59 Å². The van der Waals surface area contributed by atoms with Gasteiger partial charge < -0.3 is 57.9 Å². The van der Waals surface area contributed by atoms with Crippen molar-refractivity contribution in [2.24, 2.45) is 0 Å². The molecule has 4 N–H and O–H groups in total. The minimum atomic E-state index is -0.783. The molecule has 8 aromatic rings. The van der Waals surface area contributed by atoms with E-state index in [2.05, 4.69) is 114 Å². The van der Waals surface area contributed by atoms with Crippen molar-refractivity contribution in [3.63, 3.8) is 0 Å². The maximum absolute atomic E-state index is 13.3. The van der Waals surface area contributed by atoms with Crippen molar-refractivity contribution in [2.45, 2.75) is 161 Å². The van der Waals surface area contributed by atoms with Gasteiger partial charge in [0.05, 0.1) is 0 Å². The van der Waals surface area contributed by atoms with Gasteiger partial charge >= 0.3 is 12.2 Å². The number of hydrogen-bond acceptors (Lipinski definition) is 14. The summed E-state index contributed by atoms with van der Waals surface area (Å²) in [6, 6.07) is 66.1. The van der Waals surface area contributed by atoms with Gasteiger partial charge in [0.2, 0.25) is 0 Å². The number of aliphatic hydroxyl groups is 2. The highest BCUT2D eigenvalue weighted by Crippen LogP contribution is 2.37. The molecule has 4 unspecified atom stereocenters. The largest absolute Gasteiger partial charge is 0.491 e. The molecular formula is C87H112N4O12. The van der Waals surface area contributed by atoms with E-state index >= 15 is 0 Å². The number of nitrogens with zero attached hydrogens (tertiary/aromatic N) is 2. The van der Waals surface area contributed by atoms with E-state index in [4.69, 9.17) is 37.9 Å². The highest BCUT2D eigenvalue weighted by Gasteiger charge is 2.28. The molecule has 2 amide bonds. The quantitative estimate of drug-likeness (QED) is 0.0283. The number of aliphatic hydroxyl groups excluding tert-OH is 2. The number of anilines is 2. The van der Waals surface area contributed by atoms with Gasteiger partial charge in [0, 0.05) is 40.7 Å². The molecule has 103 heavy (non-hydrogen) atoms. The first kappa shape index (κ1) is 79.6. The molecule has 0 aliphatic heterocycles. The number of carbonyl (C=O) groups is 2. The standard InChI is InChI=1S/C87H112N4O12/c1-11-15-53-90(54-16-12-2)57-73(92)59-96-75-41-29-65(30-42-75)85(5,6)67-33-45-77(46-34-67)98-61-81(102-83(94)88-71-25-21-19-22-26-71)63-100-79-49-37-69(38-50-79)87(9,10)70-39-51-80(52-40-70)101-64-82(103-84(95)89-72-27-23-20-24-28-72)62-99-78-47-35-68(36-48-78)86(7,8)66-31-43-76(44-32-66)97-60-74(93)58-91(55-17-13-3)56-18-14-4/h19-52,73-74,81-82,92-93H,11-18,53-64H2,1-10H3,(H,88,94)(H,89,95). The molecule has 8 rings (SSSR count). The van der Waals surface area contributed by atoms with Crippen molar-refractivity contribution in [3.8, 4) is 34.5 Å². The highest BCUT2D eigenvalue weighted by molar-refractivity contribution is 5.85. The van der Waals surface area contributed by atoms with Crippen molar-refractivity contribution in [3.05, 3.63) is 240 Å². The average Bonchev–Trinajstić information content (AvgIpc) is 0.815. The number of nitrogens with one attached hydrogen (secondary N) is 2. The highest BCUT2D eigenvalue weighted by atomic mass is 16.6. The van der Waals surface area contributed by atoms with Crippen LogP contribution < -0.4 is 39.1 Å². The van der Waals surface area contributed by atoms with Gasteiger partial charge in [-0.05, 0) is 182 Å². The Kier molecular flexibility index (Phi) is 31.5. The smallest absolute Gasteiger partial charge is 0.412 e. The molecule has 0 spiro atoms. The fourth-order valence-corrected chi connectivity index (χ4v) is 12.1. The molecule has 552 valence electrons. The van der Waals surface area contributed by atoms with E-state index in [1.165, 1.54) is 0 Å². The number of hydrogen-bond donors (Lipinski definition) is 4. The predicted molar refractivity (Wildman–Crippen MR) is 413 cm³/mol. The predicted octanol–water partition coefficient (Wildman–Crippen LogP) is 18.1. The summed E-state index contributed by atoms with van der Waals surface area (Å²) in [5.74, 6) is 3.84. The van der Waals surface area contributed by atoms with Gasteiger partial charge in [-0.2, -0.15) is 0 Å². The zero-order valence-electron chi connectivity index (χ0n) is 62.5. The Balaban J connectivity index is 0.839. The van der Waals surface area contributed by atoms with Crippen molar-refractivity contribution in [1.82, 2.24) is 9.80 Å². The SMILES string of the molecule is CCCCN(CCCC)CC(O)COc1ccc(C(C)(C)c2ccc(OCC(COc3ccc(C(C)(C)c4ccc(OCC(COc5ccc(C(C)(C)c6ccc(OCC(O)CN(CCCC)CCCC)cc6)cc5)OC(=O)Nc5ccccc5)cc4)cc3)OC(=O)Nc3ccccc3)cc2)cc1. The Bertz CT molecular complexity index is 3450. The lowest BCUT2D eigenvalue weighted by molar-refractivity contribution is 0.0428. The topological polar surface area (TPSA) is 179 Å². The number of carbonyl (C=O) groups excluding carboxylic acids is 2. The number of para-hydroxylation sites is 2. The number of unbranched alkanes of at least 4 members (excludes halogenated alkanes) is 4. The van der Waals surface area contributed by atoms with E-state index in [1.54, 1.807) is 24.3 Å². The Hall–Kier alpha value is -9.06. The Morgan fingerprint density at radius 2 is 0.544 bits per heavy atom. The molecule has 16 nitrogen and oxygen atoms in total. The molecule has 0 bridgehead atoms. The lowest BCUT2D eigenvalue weighted by Gasteiger charge is -2.27. The van der Waals surface area contributed by atoms with Crippen LogP contribution in [0.2, 0.25) is 0 Å². The maximum atomic E-state index is 13.3. The molecule has 0 fully saturated rings. The normalized spacial score (nSPS) is 13.0. The van der Waals surface area contributed by atoms with Crippen molar-refractivity contribution in [1.29, 1.82) is 0 Å². The lowest BCUT2D eigenvalue weighted by Crippen LogP contribution is -2.36. The average molecular weight is 1410 g/mol. The van der Waals surface area contributed by atoms with E-state index in [0.717, 1.165) is 122 Å².